The number of hydrogen-bond acceptors (Lipinski definition) is 3. The largest absolute Gasteiger partial charge is 0.378 e. The molecule has 1 unspecified atom stereocenters. The third kappa shape index (κ3) is 5.58. The van der Waals surface area contributed by atoms with E-state index in [0.717, 1.165) is 12.8 Å². The van der Waals surface area contributed by atoms with Gasteiger partial charge in [-0.15, -0.1) is 12.4 Å². The van der Waals surface area contributed by atoms with Crippen molar-refractivity contribution in [1.29, 1.82) is 0 Å². The molecule has 1 fully saturated rings. The number of nitrogens with two attached hydrogens (primary N) is 1. The number of nitrogens with one attached hydrogen (secondary N) is 1. The summed E-state index contributed by atoms with van der Waals surface area (Å²) >= 11 is 0. The van der Waals surface area contributed by atoms with Crippen molar-refractivity contribution in [3.63, 3.8) is 0 Å². The number of ether oxygens (including phenoxy) is 1. The van der Waals surface area contributed by atoms with Crippen LogP contribution in [0.3, 0.4) is 0 Å². The molecule has 1 amide bonds. The van der Waals surface area contributed by atoms with Crippen LogP contribution < -0.4 is 11.1 Å². The summed E-state index contributed by atoms with van der Waals surface area (Å²) < 4.78 is 30.5. The number of carbonyl (C=O) groups is 1. The molecule has 16 heavy (non-hydrogen) atoms. The molecule has 96 valence electrons. The molecule has 3 N–H and O–H groups in total. The van der Waals surface area contributed by atoms with Gasteiger partial charge in [0.2, 0.25) is 5.91 Å². The van der Waals surface area contributed by atoms with E-state index in [9.17, 15) is 13.6 Å². The van der Waals surface area contributed by atoms with E-state index in [1.165, 1.54) is 0 Å². The number of alkyl halides is 2. The molecule has 1 rings (SSSR count). The molecule has 1 aliphatic heterocycles. The van der Waals surface area contributed by atoms with Crippen LogP contribution in [0, 0.1) is 0 Å². The first-order chi connectivity index (χ1) is 7.03. The zero-order chi connectivity index (χ0) is 11.3. The summed E-state index contributed by atoms with van der Waals surface area (Å²) in [5.74, 6) is -3.43. The fourth-order valence-corrected chi connectivity index (χ4v) is 1.38. The topological polar surface area (TPSA) is 64.3 Å². The van der Waals surface area contributed by atoms with E-state index in [1.54, 1.807) is 0 Å². The molecule has 1 saturated heterocycles. The summed E-state index contributed by atoms with van der Waals surface area (Å²) in [6.45, 7) is -0.806. The Kier molecular flexibility index (Phi) is 6.78. The number of rotatable bonds is 5. The van der Waals surface area contributed by atoms with Crippen molar-refractivity contribution in [1.82, 2.24) is 5.32 Å². The quantitative estimate of drug-likeness (QED) is 0.763. The van der Waals surface area contributed by atoms with E-state index in [0.29, 0.717) is 6.61 Å². The maximum absolute atomic E-state index is 12.7. The molecule has 0 saturated carbocycles. The van der Waals surface area contributed by atoms with Gasteiger partial charge in [-0.25, -0.2) is 8.78 Å². The van der Waals surface area contributed by atoms with E-state index in [-0.39, 0.29) is 24.9 Å². The number of carbonyl (C=O) groups excluding carboxylic acids is 1. The Hall–Kier alpha value is -0.460. The Balaban J connectivity index is 0.00000225. The third-order valence-corrected chi connectivity index (χ3v) is 2.28. The average Bonchev–Trinajstić information content (AvgIpc) is 2.68. The second kappa shape index (κ2) is 6.98. The smallest absolute Gasteiger partial charge is 0.277 e. The van der Waals surface area contributed by atoms with E-state index in [2.05, 4.69) is 5.32 Å². The first-order valence-electron chi connectivity index (χ1n) is 5.00. The van der Waals surface area contributed by atoms with Crippen LogP contribution in [0.15, 0.2) is 0 Å². The Bertz CT molecular complexity index is 224. The highest BCUT2D eigenvalue weighted by Crippen LogP contribution is 2.15. The van der Waals surface area contributed by atoms with Crippen LogP contribution in [0.4, 0.5) is 8.78 Å². The summed E-state index contributed by atoms with van der Waals surface area (Å²) in [6, 6.07) is 0. The first-order valence-corrected chi connectivity index (χ1v) is 5.00. The van der Waals surface area contributed by atoms with Gasteiger partial charge in [0.1, 0.15) is 0 Å². The molecule has 0 aliphatic carbocycles. The molecular weight excluding hydrogens is 242 g/mol. The molecule has 0 aromatic rings. The maximum atomic E-state index is 12.7. The van der Waals surface area contributed by atoms with Gasteiger partial charge in [-0.05, 0) is 12.8 Å². The van der Waals surface area contributed by atoms with Gasteiger partial charge in [-0.2, -0.15) is 0 Å². The van der Waals surface area contributed by atoms with Crippen LogP contribution in [0.25, 0.3) is 0 Å². The SMILES string of the molecule is Cl.NCC(F)(F)CNC(=O)CC1CCCO1. The average molecular weight is 259 g/mol. The minimum atomic E-state index is -3.02. The number of halogens is 3. The molecule has 0 aromatic heterocycles. The van der Waals surface area contributed by atoms with Crippen molar-refractivity contribution in [3.05, 3.63) is 0 Å². The summed E-state index contributed by atoms with van der Waals surface area (Å²) in [5.41, 5.74) is 4.83. The van der Waals surface area contributed by atoms with Crippen LogP contribution in [0.5, 0.6) is 0 Å². The highest BCUT2D eigenvalue weighted by Gasteiger charge is 2.28. The molecule has 4 nitrogen and oxygen atoms in total. The molecule has 0 bridgehead atoms. The highest BCUT2D eigenvalue weighted by molar-refractivity contribution is 5.85. The molecular formula is C9H17ClF2N2O2. The van der Waals surface area contributed by atoms with Crippen molar-refractivity contribution in [3.8, 4) is 0 Å². The Morgan fingerprint density at radius 2 is 2.25 bits per heavy atom. The van der Waals surface area contributed by atoms with Gasteiger partial charge < -0.3 is 15.8 Å². The van der Waals surface area contributed by atoms with Crippen LogP contribution in [-0.2, 0) is 9.53 Å². The first kappa shape index (κ1) is 15.5. The van der Waals surface area contributed by atoms with Gasteiger partial charge >= 0.3 is 0 Å². The van der Waals surface area contributed by atoms with Crippen molar-refractivity contribution in [2.24, 2.45) is 5.73 Å². The number of hydrogen-bond donors (Lipinski definition) is 2. The summed E-state index contributed by atoms with van der Waals surface area (Å²) in [4.78, 5) is 11.2. The van der Waals surface area contributed by atoms with Crippen LogP contribution in [0.2, 0.25) is 0 Å². The van der Waals surface area contributed by atoms with E-state index in [4.69, 9.17) is 10.5 Å². The molecule has 1 heterocycles. The summed E-state index contributed by atoms with van der Waals surface area (Å²) in [5, 5.41) is 2.15. The van der Waals surface area contributed by atoms with Gasteiger partial charge in [0.25, 0.3) is 5.92 Å². The highest BCUT2D eigenvalue weighted by atomic mass is 35.5. The van der Waals surface area contributed by atoms with Crippen LogP contribution >= 0.6 is 12.4 Å². The Labute approximate surface area is 99.3 Å². The van der Waals surface area contributed by atoms with E-state index >= 15 is 0 Å². The van der Waals surface area contributed by atoms with Gasteiger partial charge in [-0.1, -0.05) is 0 Å². The standard InChI is InChI=1S/C9H16F2N2O2.ClH/c10-9(11,5-12)6-13-8(14)4-7-2-1-3-15-7;/h7H,1-6,12H2,(H,13,14);1H. The minimum Gasteiger partial charge on any atom is -0.378 e. The summed E-state index contributed by atoms with van der Waals surface area (Å²) in [6.07, 6.45) is 1.79. The van der Waals surface area contributed by atoms with Crippen molar-refractivity contribution < 1.29 is 18.3 Å². The van der Waals surface area contributed by atoms with Crippen LogP contribution in [0.1, 0.15) is 19.3 Å². The number of amides is 1. The van der Waals surface area contributed by atoms with Crippen molar-refractivity contribution in [2.45, 2.75) is 31.3 Å². The molecule has 0 aromatic carbocycles. The summed E-state index contributed by atoms with van der Waals surface area (Å²) in [7, 11) is 0. The normalized spacial score (nSPS) is 20.3. The van der Waals surface area contributed by atoms with Gasteiger partial charge in [-0.3, -0.25) is 4.79 Å². The lowest BCUT2D eigenvalue weighted by Gasteiger charge is -2.15. The monoisotopic (exact) mass is 258 g/mol. The minimum absolute atomic E-state index is 0. The molecule has 0 radical (unpaired) electrons. The molecule has 7 heteroatoms. The predicted octanol–water partition coefficient (Wildman–Crippen LogP) is 0.687. The molecule has 1 aliphatic rings. The van der Waals surface area contributed by atoms with Gasteiger partial charge in [0.05, 0.1) is 25.6 Å². The van der Waals surface area contributed by atoms with Gasteiger partial charge in [0, 0.05) is 6.61 Å². The second-order valence-corrected chi connectivity index (χ2v) is 3.68. The van der Waals surface area contributed by atoms with Crippen LogP contribution in [-0.4, -0.2) is 37.6 Å². The molecule has 1 atom stereocenters. The zero-order valence-electron chi connectivity index (χ0n) is 8.88. The second-order valence-electron chi connectivity index (χ2n) is 3.68. The predicted molar refractivity (Wildman–Crippen MR) is 57.9 cm³/mol. The third-order valence-electron chi connectivity index (χ3n) is 2.28. The van der Waals surface area contributed by atoms with Crippen molar-refractivity contribution in [2.75, 3.05) is 19.7 Å². The molecule has 0 spiro atoms. The Morgan fingerprint density at radius 3 is 2.75 bits per heavy atom. The lowest BCUT2D eigenvalue weighted by molar-refractivity contribution is -0.125. The fraction of sp³-hybridized carbons (Fsp3) is 0.889. The lowest BCUT2D eigenvalue weighted by atomic mass is 10.2. The fourth-order valence-electron chi connectivity index (χ4n) is 1.38. The van der Waals surface area contributed by atoms with E-state index in [1.807, 2.05) is 0 Å². The van der Waals surface area contributed by atoms with Gasteiger partial charge in [0.15, 0.2) is 0 Å². The maximum Gasteiger partial charge on any atom is 0.277 e. The van der Waals surface area contributed by atoms with E-state index < -0.39 is 24.9 Å². The lowest BCUT2D eigenvalue weighted by Crippen LogP contribution is -2.42. The zero-order valence-corrected chi connectivity index (χ0v) is 9.69. The Morgan fingerprint density at radius 1 is 1.56 bits per heavy atom. The van der Waals surface area contributed by atoms with Crippen molar-refractivity contribution >= 4 is 18.3 Å².